The van der Waals surface area contributed by atoms with E-state index in [1.165, 1.54) is 0 Å². The van der Waals surface area contributed by atoms with Crippen LogP contribution >= 0.6 is 0 Å². The van der Waals surface area contributed by atoms with Crippen LogP contribution in [0.15, 0.2) is 12.2 Å². The molecule has 0 aliphatic heterocycles. The largest absolute Gasteiger partial charge is 0.455 e. The van der Waals surface area contributed by atoms with Crippen LogP contribution in [0.1, 0.15) is 26.2 Å². The molecule has 0 radical (unpaired) electrons. The highest BCUT2D eigenvalue weighted by Gasteiger charge is 2.74. The summed E-state index contributed by atoms with van der Waals surface area (Å²) >= 11 is 0. The average Bonchev–Trinajstić information content (AvgIpc) is 2.60. The van der Waals surface area contributed by atoms with Gasteiger partial charge in [0.05, 0.1) is 12.2 Å². The van der Waals surface area contributed by atoms with Crippen molar-refractivity contribution in [2.75, 3.05) is 13.2 Å². The standard InChI is InChI=1S/C15H18F10O7S/c1-8(10(26)32-9(2)12(27,13(18,19)20)14(21,22)23)7-31-6-4-3-5-11(16,17)15(24,25)33(28,29)30/h9,27H,1,3-7H2,2H3,(H,28,29,30). The maximum absolute atomic E-state index is 13.2. The van der Waals surface area contributed by atoms with Crippen molar-refractivity contribution in [3.63, 3.8) is 0 Å². The molecule has 196 valence electrons. The third-order valence-electron chi connectivity index (χ3n) is 4.08. The molecular formula is C15H18F10O7S. The number of esters is 1. The van der Waals surface area contributed by atoms with Gasteiger partial charge in [0.25, 0.3) is 5.60 Å². The van der Waals surface area contributed by atoms with E-state index in [1.807, 2.05) is 0 Å². The fourth-order valence-electron chi connectivity index (χ4n) is 2.09. The molecule has 7 nitrogen and oxygen atoms in total. The van der Waals surface area contributed by atoms with E-state index in [-0.39, 0.29) is 6.92 Å². The zero-order valence-corrected chi connectivity index (χ0v) is 17.3. The van der Waals surface area contributed by atoms with Gasteiger partial charge in [-0.05, 0) is 19.8 Å². The topological polar surface area (TPSA) is 110 Å². The van der Waals surface area contributed by atoms with Crippen molar-refractivity contribution in [3.8, 4) is 0 Å². The molecule has 0 amide bonds. The minimum Gasteiger partial charge on any atom is -0.455 e. The first-order valence-corrected chi connectivity index (χ1v) is 9.92. The highest BCUT2D eigenvalue weighted by atomic mass is 32.2. The van der Waals surface area contributed by atoms with Crippen molar-refractivity contribution in [3.05, 3.63) is 12.2 Å². The molecule has 0 heterocycles. The first-order valence-electron chi connectivity index (χ1n) is 8.48. The number of carbonyl (C=O) groups is 1. The van der Waals surface area contributed by atoms with Gasteiger partial charge in [0, 0.05) is 13.0 Å². The summed E-state index contributed by atoms with van der Waals surface area (Å²) in [5, 5.41) is 3.31. The monoisotopic (exact) mass is 532 g/mol. The van der Waals surface area contributed by atoms with E-state index in [0.717, 1.165) is 0 Å². The molecule has 0 aromatic rings. The summed E-state index contributed by atoms with van der Waals surface area (Å²) in [6.45, 7) is 1.64. The highest BCUT2D eigenvalue weighted by Crippen LogP contribution is 2.46. The molecule has 18 heteroatoms. The number of hydrogen-bond donors (Lipinski definition) is 2. The summed E-state index contributed by atoms with van der Waals surface area (Å²) in [5.41, 5.74) is -6.23. The Hall–Kier alpha value is -1.66. The molecule has 0 saturated heterocycles. The fraction of sp³-hybridized carbons (Fsp3) is 0.800. The SMILES string of the molecule is C=C(COCCCCC(F)(F)C(F)(F)S(=O)(=O)O)C(=O)OC(C)C(O)(C(F)(F)F)C(F)(F)F. The summed E-state index contributed by atoms with van der Waals surface area (Å²) in [5.74, 6) is -6.97. The van der Waals surface area contributed by atoms with Crippen molar-refractivity contribution in [2.24, 2.45) is 0 Å². The summed E-state index contributed by atoms with van der Waals surface area (Å²) in [6.07, 6.45) is -18.6. The number of ether oxygens (including phenoxy) is 2. The second-order valence-corrected chi connectivity index (χ2v) is 8.08. The predicted octanol–water partition coefficient (Wildman–Crippen LogP) is 3.63. The quantitative estimate of drug-likeness (QED) is 0.130. The molecule has 1 atom stereocenters. The average molecular weight is 532 g/mol. The lowest BCUT2D eigenvalue weighted by Gasteiger charge is -2.36. The lowest BCUT2D eigenvalue weighted by Crippen LogP contribution is -2.64. The molecule has 2 N–H and O–H groups in total. The van der Waals surface area contributed by atoms with Crippen LogP contribution in [-0.2, 0) is 24.4 Å². The Balaban J connectivity index is 4.70. The van der Waals surface area contributed by atoms with Crippen LogP contribution in [-0.4, -0.2) is 72.5 Å². The Morgan fingerprint density at radius 2 is 1.42 bits per heavy atom. The maximum atomic E-state index is 13.2. The second kappa shape index (κ2) is 10.3. The van der Waals surface area contributed by atoms with E-state index in [2.05, 4.69) is 16.1 Å². The van der Waals surface area contributed by atoms with Crippen LogP contribution in [0.3, 0.4) is 0 Å². The number of unbranched alkanes of at least 4 members (excludes halogenated alkanes) is 1. The van der Waals surface area contributed by atoms with Gasteiger partial charge < -0.3 is 14.6 Å². The molecule has 0 aromatic carbocycles. The van der Waals surface area contributed by atoms with Gasteiger partial charge in [0.2, 0.25) is 0 Å². The number of hydrogen-bond acceptors (Lipinski definition) is 6. The van der Waals surface area contributed by atoms with Gasteiger partial charge in [-0.2, -0.15) is 52.3 Å². The van der Waals surface area contributed by atoms with Crippen molar-refractivity contribution >= 4 is 16.1 Å². The summed E-state index contributed by atoms with van der Waals surface area (Å²) < 4.78 is 166. The lowest BCUT2D eigenvalue weighted by molar-refractivity contribution is -0.389. The minimum absolute atomic E-state index is 0.121. The molecule has 0 bridgehead atoms. The Kier molecular flexibility index (Phi) is 9.79. The molecule has 1 unspecified atom stereocenters. The summed E-state index contributed by atoms with van der Waals surface area (Å²) in [7, 11) is -6.40. The first kappa shape index (κ1) is 31.3. The molecule has 33 heavy (non-hydrogen) atoms. The van der Waals surface area contributed by atoms with Crippen molar-refractivity contribution in [1.82, 2.24) is 0 Å². The van der Waals surface area contributed by atoms with Gasteiger partial charge in [-0.3, -0.25) is 4.55 Å². The number of carbonyl (C=O) groups excluding carboxylic acids is 1. The smallest absolute Gasteiger partial charge is 0.431 e. The van der Waals surface area contributed by atoms with Crippen LogP contribution in [0.5, 0.6) is 0 Å². The van der Waals surface area contributed by atoms with E-state index in [1.54, 1.807) is 0 Å². The molecule has 0 aliphatic carbocycles. The fourth-order valence-corrected chi connectivity index (χ4v) is 2.57. The Morgan fingerprint density at radius 3 is 1.82 bits per heavy atom. The van der Waals surface area contributed by atoms with Crippen molar-refractivity contribution in [2.45, 2.75) is 61.4 Å². The zero-order valence-electron chi connectivity index (χ0n) is 16.4. The number of rotatable bonds is 12. The molecule has 0 aromatic heterocycles. The highest BCUT2D eigenvalue weighted by molar-refractivity contribution is 7.87. The minimum atomic E-state index is -6.40. The normalized spacial score (nSPS) is 15.3. The predicted molar refractivity (Wildman–Crippen MR) is 87.9 cm³/mol. The van der Waals surface area contributed by atoms with Crippen LogP contribution < -0.4 is 0 Å². The van der Waals surface area contributed by atoms with Gasteiger partial charge in [0.15, 0.2) is 0 Å². The van der Waals surface area contributed by atoms with Crippen LogP contribution in [0.4, 0.5) is 43.9 Å². The van der Waals surface area contributed by atoms with Crippen LogP contribution in [0, 0.1) is 0 Å². The molecule has 0 saturated carbocycles. The first-order chi connectivity index (χ1) is 14.4. The van der Waals surface area contributed by atoms with Crippen LogP contribution in [0.25, 0.3) is 0 Å². The lowest BCUT2D eigenvalue weighted by atomic mass is 9.96. The van der Waals surface area contributed by atoms with Gasteiger partial charge >= 0.3 is 39.6 Å². The zero-order chi connectivity index (χ0) is 26.7. The third-order valence-corrected chi connectivity index (χ3v) is 5.03. The molecule has 0 fully saturated rings. The number of aliphatic hydroxyl groups is 1. The Morgan fingerprint density at radius 1 is 0.970 bits per heavy atom. The molecule has 0 aliphatic rings. The number of halogens is 10. The molecule has 0 rings (SSSR count). The summed E-state index contributed by atoms with van der Waals surface area (Å²) in [4.78, 5) is 11.6. The van der Waals surface area contributed by atoms with Crippen LogP contribution in [0.2, 0.25) is 0 Å². The van der Waals surface area contributed by atoms with Crippen molar-refractivity contribution < 1.29 is 76.2 Å². The van der Waals surface area contributed by atoms with Gasteiger partial charge in [-0.1, -0.05) is 6.58 Å². The maximum Gasteiger partial charge on any atom is 0.431 e. The molecule has 0 spiro atoms. The van der Waals surface area contributed by atoms with Gasteiger partial charge in [-0.25, -0.2) is 4.79 Å². The van der Waals surface area contributed by atoms with E-state index in [9.17, 15) is 57.1 Å². The van der Waals surface area contributed by atoms with Crippen molar-refractivity contribution in [1.29, 1.82) is 0 Å². The summed E-state index contributed by atoms with van der Waals surface area (Å²) in [6, 6.07) is 0. The Labute approximate surface area is 180 Å². The Bertz CT molecular complexity index is 791. The van der Waals surface area contributed by atoms with E-state index >= 15 is 0 Å². The van der Waals surface area contributed by atoms with Gasteiger partial charge in [-0.15, -0.1) is 0 Å². The number of alkyl halides is 10. The van der Waals surface area contributed by atoms with Gasteiger partial charge in [0.1, 0.15) is 6.10 Å². The van der Waals surface area contributed by atoms with E-state index in [4.69, 9.17) is 9.66 Å². The van der Waals surface area contributed by atoms with E-state index < -0.39 is 89.4 Å². The van der Waals surface area contributed by atoms with E-state index in [0.29, 0.717) is 0 Å². The second-order valence-electron chi connectivity index (χ2n) is 6.62. The third kappa shape index (κ3) is 7.16. The molecular weight excluding hydrogens is 514 g/mol.